The maximum Gasteiger partial charge on any atom is 0.329 e. The van der Waals surface area contributed by atoms with Gasteiger partial charge in [0.05, 0.1) is 22.8 Å². The highest BCUT2D eigenvalue weighted by Gasteiger charge is 2.45. The number of hydrogen-bond donors (Lipinski definition) is 3. The summed E-state index contributed by atoms with van der Waals surface area (Å²) in [6, 6.07) is 8.69. The number of rotatable bonds is 13. The third-order valence-electron chi connectivity index (χ3n) is 14.1. The molecule has 3 saturated heterocycles. The number of imide groups is 1. The number of benzene rings is 1. The van der Waals surface area contributed by atoms with Crippen LogP contribution in [0.5, 0.6) is 0 Å². The molecule has 5 aromatic rings. The molecule has 4 aromatic heterocycles. The first kappa shape index (κ1) is 41.3. The van der Waals surface area contributed by atoms with E-state index in [-0.39, 0.29) is 41.3 Å². The summed E-state index contributed by atoms with van der Waals surface area (Å²) >= 11 is 0. The second kappa shape index (κ2) is 16.7. The molecule has 3 N–H and O–H groups in total. The van der Waals surface area contributed by atoms with Crippen LogP contribution >= 0.6 is 0 Å². The van der Waals surface area contributed by atoms with Crippen LogP contribution in [0.3, 0.4) is 0 Å². The summed E-state index contributed by atoms with van der Waals surface area (Å²) in [7, 11) is 1.75. The molecule has 0 bridgehead atoms. The predicted molar refractivity (Wildman–Crippen MR) is 229 cm³/mol. The van der Waals surface area contributed by atoms with Crippen molar-refractivity contribution in [2.45, 2.75) is 89.3 Å². The van der Waals surface area contributed by atoms with Gasteiger partial charge in [0.15, 0.2) is 11.4 Å². The van der Waals surface area contributed by atoms with Crippen LogP contribution in [0.2, 0.25) is 0 Å². The Hall–Kier alpha value is -5.75. The van der Waals surface area contributed by atoms with Gasteiger partial charge in [0.1, 0.15) is 18.1 Å². The van der Waals surface area contributed by atoms with E-state index in [1.54, 1.807) is 39.2 Å². The van der Waals surface area contributed by atoms with E-state index >= 15 is 0 Å². The van der Waals surface area contributed by atoms with Crippen LogP contribution in [0, 0.1) is 17.3 Å². The van der Waals surface area contributed by atoms with Crippen molar-refractivity contribution in [1.82, 2.24) is 44.0 Å². The second-order valence-corrected chi connectivity index (χ2v) is 18.5. The summed E-state index contributed by atoms with van der Waals surface area (Å²) in [6.07, 6.45) is 10.3. The molecule has 2 aliphatic carbocycles. The minimum atomic E-state index is -2.86. The SMILES string of the molecule is Cn1c(=O)n(C2CCC(=O)NC2=O)c2cccc(CN3CCC4(CC3)CN(CC3CCC(n5cc(NC(=O)c6coc(-c7ccnc(NCC8CC8)c7)n6)c(C(F)F)n5)CC3)C4)c21. The Bertz CT molecular complexity index is 2590. The number of nitrogens with one attached hydrogen (secondary N) is 3. The summed E-state index contributed by atoms with van der Waals surface area (Å²) in [5.41, 5.74) is 2.79. The lowest BCUT2D eigenvalue weighted by Crippen LogP contribution is -2.61. The number of para-hydroxylation sites is 1. The molecule has 1 unspecified atom stereocenters. The molecular formula is C45H53F2N11O5. The molecule has 7 heterocycles. The van der Waals surface area contributed by atoms with Crippen LogP contribution in [-0.2, 0) is 23.2 Å². The van der Waals surface area contributed by atoms with Crippen molar-refractivity contribution in [3.8, 4) is 11.5 Å². The first-order valence-corrected chi connectivity index (χ1v) is 22.3. The predicted octanol–water partition coefficient (Wildman–Crippen LogP) is 5.91. The largest absolute Gasteiger partial charge is 0.444 e. The molecule has 5 aliphatic rings. The van der Waals surface area contributed by atoms with Gasteiger partial charge in [-0.25, -0.2) is 23.5 Å². The van der Waals surface area contributed by atoms with Gasteiger partial charge in [0.2, 0.25) is 17.7 Å². The average Bonchev–Trinajstić information content (AvgIpc) is 3.67. The Morgan fingerprint density at radius 2 is 1.78 bits per heavy atom. The first-order valence-electron chi connectivity index (χ1n) is 22.3. The Morgan fingerprint density at radius 3 is 2.52 bits per heavy atom. The minimum absolute atomic E-state index is 0.0236. The standard InChI is InChI=1S/C45H53F2N11O5/c1-54-39-30(3-2-4-34(39)58(44(54)62)35-11-12-37(59)52-42(35)61)22-55-17-14-45(15-18-55)25-56(26-45)21-28-7-9-31(10-8-28)57-23-32(38(53-57)40(46)47)50-41(60)33-24-63-43(51-33)29-13-16-48-36(19-29)49-20-27-5-6-27/h2-4,13,16,19,23-24,27-28,31,35,40H,5-12,14-15,17-18,20-22,25-26H2,1H3,(H,48,49)(H,50,60)(H,52,59,61). The highest BCUT2D eigenvalue weighted by Crippen LogP contribution is 2.43. The topological polar surface area (TPSA) is 177 Å². The number of piperidine rings is 2. The van der Waals surface area contributed by atoms with Gasteiger partial charge in [0, 0.05) is 64.1 Å². The number of imidazole rings is 1. The zero-order valence-electron chi connectivity index (χ0n) is 35.4. The number of likely N-dealkylation sites (tertiary alicyclic amines) is 2. The van der Waals surface area contributed by atoms with Gasteiger partial charge in [-0.2, -0.15) is 5.10 Å². The fraction of sp³-hybridized carbons (Fsp3) is 0.533. The Labute approximate surface area is 362 Å². The number of aromatic nitrogens is 6. The molecule has 3 amide bonds. The number of nitrogens with zero attached hydrogens (tertiary/aromatic N) is 8. The summed E-state index contributed by atoms with van der Waals surface area (Å²) in [5.74, 6) is 0.729. The molecule has 1 atom stereocenters. The molecule has 0 radical (unpaired) electrons. The lowest BCUT2D eigenvalue weighted by Gasteiger charge is -2.55. The van der Waals surface area contributed by atoms with E-state index in [1.165, 1.54) is 25.3 Å². The van der Waals surface area contributed by atoms with E-state index in [0.29, 0.717) is 47.1 Å². The third kappa shape index (κ3) is 8.42. The van der Waals surface area contributed by atoms with Crippen LogP contribution in [0.4, 0.5) is 20.3 Å². The van der Waals surface area contributed by atoms with Gasteiger partial charge in [-0.3, -0.25) is 38.4 Å². The number of carbonyl (C=O) groups excluding carboxylic acids is 3. The zero-order chi connectivity index (χ0) is 43.4. The highest BCUT2D eigenvalue weighted by molar-refractivity contribution is 6.03. The minimum Gasteiger partial charge on any atom is -0.444 e. The third-order valence-corrected chi connectivity index (χ3v) is 14.1. The summed E-state index contributed by atoms with van der Waals surface area (Å²) in [5, 5.41) is 12.6. The monoisotopic (exact) mass is 865 g/mol. The molecular weight excluding hydrogens is 813 g/mol. The van der Waals surface area contributed by atoms with Crippen molar-refractivity contribution in [2.75, 3.05) is 49.9 Å². The summed E-state index contributed by atoms with van der Waals surface area (Å²) in [6.45, 7) is 6.68. The molecule has 5 fully saturated rings. The van der Waals surface area contributed by atoms with Crippen LogP contribution in [-0.4, -0.2) is 95.7 Å². The van der Waals surface area contributed by atoms with Crippen LogP contribution < -0.4 is 21.6 Å². The molecule has 332 valence electrons. The highest BCUT2D eigenvalue weighted by atomic mass is 19.3. The van der Waals surface area contributed by atoms with Crippen LogP contribution in [0.15, 0.2) is 58.2 Å². The Kier molecular flexibility index (Phi) is 11.0. The maximum absolute atomic E-state index is 14.2. The van der Waals surface area contributed by atoms with Gasteiger partial charge in [-0.05, 0) is 112 Å². The molecule has 10 rings (SSSR count). The molecule has 1 spiro atoms. The van der Waals surface area contributed by atoms with Gasteiger partial charge in [-0.1, -0.05) is 12.1 Å². The fourth-order valence-electron chi connectivity index (χ4n) is 10.4. The lowest BCUT2D eigenvalue weighted by molar-refractivity contribution is -0.135. The number of pyridine rings is 1. The maximum atomic E-state index is 14.2. The smallest absolute Gasteiger partial charge is 0.329 e. The molecule has 3 aliphatic heterocycles. The average molecular weight is 866 g/mol. The number of halogens is 2. The van der Waals surface area contributed by atoms with Gasteiger partial charge in [-0.15, -0.1) is 0 Å². The van der Waals surface area contributed by atoms with E-state index in [0.717, 1.165) is 88.9 Å². The van der Waals surface area contributed by atoms with E-state index in [1.807, 2.05) is 12.1 Å². The van der Waals surface area contributed by atoms with E-state index in [2.05, 4.69) is 46.9 Å². The van der Waals surface area contributed by atoms with Gasteiger partial charge in [0.25, 0.3) is 12.3 Å². The number of amides is 3. The summed E-state index contributed by atoms with van der Waals surface area (Å²) in [4.78, 5) is 64.8. The molecule has 2 saturated carbocycles. The number of alkyl halides is 2. The number of carbonyl (C=O) groups is 3. The van der Waals surface area contributed by atoms with Crippen LogP contribution in [0.1, 0.15) is 104 Å². The Balaban J connectivity index is 0.695. The zero-order valence-corrected chi connectivity index (χ0v) is 35.4. The molecule has 18 heteroatoms. The van der Waals surface area contributed by atoms with Crippen molar-refractivity contribution < 1.29 is 27.6 Å². The van der Waals surface area contributed by atoms with E-state index in [4.69, 9.17) is 4.42 Å². The number of hydrogen-bond acceptors (Lipinski definition) is 11. The van der Waals surface area contributed by atoms with E-state index in [9.17, 15) is 28.0 Å². The van der Waals surface area contributed by atoms with Crippen molar-refractivity contribution >= 4 is 40.3 Å². The second-order valence-electron chi connectivity index (χ2n) is 18.5. The fourth-order valence-corrected chi connectivity index (χ4v) is 10.4. The number of oxazole rings is 1. The van der Waals surface area contributed by atoms with Crippen LogP contribution in [0.25, 0.3) is 22.5 Å². The van der Waals surface area contributed by atoms with Gasteiger partial charge >= 0.3 is 5.69 Å². The van der Waals surface area contributed by atoms with Crippen molar-refractivity contribution in [2.24, 2.45) is 24.3 Å². The quantitative estimate of drug-likeness (QED) is 0.120. The van der Waals surface area contributed by atoms with Gasteiger partial charge < -0.3 is 20.0 Å². The first-order chi connectivity index (χ1) is 30.5. The Morgan fingerprint density at radius 1 is 1.00 bits per heavy atom. The molecule has 1 aromatic carbocycles. The van der Waals surface area contributed by atoms with E-state index < -0.39 is 30.0 Å². The molecule has 63 heavy (non-hydrogen) atoms. The van der Waals surface area contributed by atoms with Crippen molar-refractivity contribution in [3.05, 3.63) is 76.4 Å². The number of aryl methyl sites for hydroxylation is 1. The molecule has 16 nitrogen and oxygen atoms in total. The van der Waals surface area contributed by atoms with Crippen molar-refractivity contribution in [3.63, 3.8) is 0 Å². The normalized spacial score (nSPS) is 23.0. The van der Waals surface area contributed by atoms with Crippen molar-refractivity contribution in [1.29, 1.82) is 0 Å². The number of anilines is 2. The lowest BCUT2D eigenvalue weighted by atomic mass is 9.71. The summed E-state index contributed by atoms with van der Waals surface area (Å²) < 4.78 is 38.8. The number of fused-ring (bicyclic) bond motifs is 1.